The molecule has 0 spiro atoms. The molecule has 0 aromatic heterocycles. The van der Waals surface area contributed by atoms with Crippen molar-refractivity contribution < 1.29 is 0 Å². The zero-order valence-corrected chi connectivity index (χ0v) is 7.35. The van der Waals surface area contributed by atoms with Gasteiger partial charge in [0.05, 0.1) is 0 Å². The van der Waals surface area contributed by atoms with Crippen LogP contribution in [0.4, 0.5) is 0 Å². The van der Waals surface area contributed by atoms with Crippen molar-refractivity contribution in [3.05, 3.63) is 0 Å². The summed E-state index contributed by atoms with van der Waals surface area (Å²) in [5.41, 5.74) is 5.45. The second-order valence-corrected chi connectivity index (χ2v) is 3.39. The first-order chi connectivity index (χ1) is 4.66. The molecule has 2 nitrogen and oxygen atoms in total. The van der Waals surface area contributed by atoms with Crippen LogP contribution in [-0.2, 0) is 0 Å². The van der Waals surface area contributed by atoms with E-state index in [1.54, 1.807) is 0 Å². The van der Waals surface area contributed by atoms with E-state index in [0.29, 0.717) is 5.92 Å². The van der Waals surface area contributed by atoms with Crippen LogP contribution in [0.3, 0.4) is 0 Å². The van der Waals surface area contributed by atoms with Gasteiger partial charge < -0.3 is 11.1 Å². The van der Waals surface area contributed by atoms with Crippen LogP contribution in [0.25, 0.3) is 0 Å². The summed E-state index contributed by atoms with van der Waals surface area (Å²) < 4.78 is 0. The Kier molecular flexibility index (Phi) is 5.64. The lowest BCUT2D eigenvalue weighted by Crippen LogP contribution is -2.28. The Bertz CT molecular complexity index is 71.7. The van der Waals surface area contributed by atoms with Gasteiger partial charge >= 0.3 is 0 Å². The zero-order chi connectivity index (χ0) is 7.98. The Morgan fingerprint density at radius 3 is 2.20 bits per heavy atom. The van der Waals surface area contributed by atoms with Crippen molar-refractivity contribution in [2.75, 3.05) is 19.6 Å². The van der Waals surface area contributed by atoms with Crippen molar-refractivity contribution in [1.29, 1.82) is 0 Å². The van der Waals surface area contributed by atoms with Gasteiger partial charge in [0.1, 0.15) is 0 Å². The summed E-state index contributed by atoms with van der Waals surface area (Å²) in [5.74, 6) is 1.35. The highest BCUT2D eigenvalue weighted by Gasteiger charge is 1.97. The summed E-state index contributed by atoms with van der Waals surface area (Å²) in [7, 11) is 0. The van der Waals surface area contributed by atoms with Crippen LogP contribution in [0, 0.1) is 11.8 Å². The number of rotatable bonds is 5. The Balaban J connectivity index is 3.03. The number of nitrogens with one attached hydrogen (secondary N) is 1. The Hall–Kier alpha value is -0.0800. The molecule has 0 saturated carbocycles. The van der Waals surface area contributed by atoms with Crippen LogP contribution in [-0.4, -0.2) is 19.6 Å². The lowest BCUT2D eigenvalue weighted by molar-refractivity contribution is 0.481. The van der Waals surface area contributed by atoms with Gasteiger partial charge in [-0.1, -0.05) is 20.8 Å². The van der Waals surface area contributed by atoms with Gasteiger partial charge in [-0.15, -0.1) is 0 Å². The quantitative estimate of drug-likeness (QED) is 0.599. The average Bonchev–Trinajstić information content (AvgIpc) is 1.87. The molecule has 0 aliphatic carbocycles. The van der Waals surface area contributed by atoms with Crippen molar-refractivity contribution in [3.63, 3.8) is 0 Å². The first kappa shape index (κ1) is 9.92. The van der Waals surface area contributed by atoms with E-state index in [1.807, 2.05) is 0 Å². The van der Waals surface area contributed by atoms with Gasteiger partial charge in [0.25, 0.3) is 0 Å². The first-order valence-corrected chi connectivity index (χ1v) is 4.07. The van der Waals surface area contributed by atoms with Crippen molar-refractivity contribution in [2.24, 2.45) is 17.6 Å². The monoisotopic (exact) mass is 144 g/mol. The molecule has 0 aromatic carbocycles. The van der Waals surface area contributed by atoms with Crippen LogP contribution >= 0.6 is 0 Å². The smallest absolute Gasteiger partial charge is 0.00110 e. The second-order valence-electron chi connectivity index (χ2n) is 3.39. The molecule has 0 aliphatic rings. The molecular formula is C8H20N2. The SMILES string of the molecule is CC(C)CNCC(C)CN. The lowest BCUT2D eigenvalue weighted by Gasteiger charge is -2.11. The summed E-state index contributed by atoms with van der Waals surface area (Å²) in [6, 6.07) is 0. The third-order valence-electron chi connectivity index (χ3n) is 1.45. The van der Waals surface area contributed by atoms with Gasteiger partial charge in [-0.3, -0.25) is 0 Å². The molecular weight excluding hydrogens is 124 g/mol. The molecule has 0 heterocycles. The molecule has 0 rings (SSSR count). The van der Waals surface area contributed by atoms with Crippen molar-refractivity contribution in [3.8, 4) is 0 Å². The maximum absolute atomic E-state index is 5.45. The molecule has 0 bridgehead atoms. The van der Waals surface area contributed by atoms with Gasteiger partial charge in [-0.25, -0.2) is 0 Å². The van der Waals surface area contributed by atoms with E-state index < -0.39 is 0 Å². The summed E-state index contributed by atoms with van der Waals surface area (Å²) >= 11 is 0. The molecule has 3 N–H and O–H groups in total. The molecule has 62 valence electrons. The molecule has 1 atom stereocenters. The highest BCUT2D eigenvalue weighted by atomic mass is 14.9. The standard InChI is InChI=1S/C8H20N2/c1-7(2)5-10-6-8(3)4-9/h7-8,10H,4-6,9H2,1-3H3. The summed E-state index contributed by atoms with van der Waals surface area (Å²) in [6.07, 6.45) is 0. The number of hydrogen-bond donors (Lipinski definition) is 2. The minimum absolute atomic E-state index is 0.610. The van der Waals surface area contributed by atoms with Crippen LogP contribution in [0.15, 0.2) is 0 Å². The van der Waals surface area contributed by atoms with Crippen LogP contribution in [0.5, 0.6) is 0 Å². The van der Waals surface area contributed by atoms with Crippen molar-refractivity contribution >= 4 is 0 Å². The maximum Gasteiger partial charge on any atom is -0.00110 e. The topological polar surface area (TPSA) is 38.0 Å². The highest BCUT2D eigenvalue weighted by molar-refractivity contribution is 4.57. The van der Waals surface area contributed by atoms with Gasteiger partial charge in [0.15, 0.2) is 0 Å². The van der Waals surface area contributed by atoms with Crippen LogP contribution in [0.2, 0.25) is 0 Å². The van der Waals surface area contributed by atoms with E-state index in [1.165, 1.54) is 0 Å². The minimum Gasteiger partial charge on any atom is -0.330 e. The predicted molar refractivity (Wildman–Crippen MR) is 45.9 cm³/mol. The predicted octanol–water partition coefficient (Wildman–Crippen LogP) is 0.827. The Labute approximate surface area is 64.2 Å². The Morgan fingerprint density at radius 2 is 1.80 bits per heavy atom. The highest BCUT2D eigenvalue weighted by Crippen LogP contribution is 1.90. The molecule has 0 saturated heterocycles. The van der Waals surface area contributed by atoms with Crippen LogP contribution < -0.4 is 11.1 Å². The lowest BCUT2D eigenvalue weighted by atomic mass is 10.1. The zero-order valence-electron chi connectivity index (χ0n) is 7.35. The van der Waals surface area contributed by atoms with E-state index in [9.17, 15) is 0 Å². The molecule has 1 unspecified atom stereocenters. The van der Waals surface area contributed by atoms with Gasteiger partial charge in [-0.2, -0.15) is 0 Å². The fraction of sp³-hybridized carbons (Fsp3) is 1.00. The molecule has 2 heteroatoms. The van der Waals surface area contributed by atoms with Gasteiger partial charge in [-0.05, 0) is 31.5 Å². The number of nitrogens with two attached hydrogens (primary N) is 1. The van der Waals surface area contributed by atoms with Crippen LogP contribution in [0.1, 0.15) is 20.8 Å². The summed E-state index contributed by atoms with van der Waals surface area (Å²) in [4.78, 5) is 0. The molecule has 0 amide bonds. The Morgan fingerprint density at radius 1 is 1.20 bits per heavy atom. The molecule has 0 aliphatic heterocycles. The van der Waals surface area contributed by atoms with E-state index >= 15 is 0 Å². The van der Waals surface area contributed by atoms with Gasteiger partial charge in [0.2, 0.25) is 0 Å². The average molecular weight is 144 g/mol. The van der Waals surface area contributed by atoms with E-state index in [4.69, 9.17) is 5.73 Å². The van der Waals surface area contributed by atoms with E-state index in [2.05, 4.69) is 26.1 Å². The van der Waals surface area contributed by atoms with Gasteiger partial charge in [0, 0.05) is 0 Å². The van der Waals surface area contributed by atoms with Crippen molar-refractivity contribution in [1.82, 2.24) is 5.32 Å². The van der Waals surface area contributed by atoms with E-state index in [-0.39, 0.29) is 0 Å². The molecule has 0 aromatic rings. The minimum atomic E-state index is 0.610. The third-order valence-corrected chi connectivity index (χ3v) is 1.45. The second kappa shape index (κ2) is 5.69. The van der Waals surface area contributed by atoms with Crippen molar-refractivity contribution in [2.45, 2.75) is 20.8 Å². The molecule has 0 fully saturated rings. The van der Waals surface area contributed by atoms with E-state index in [0.717, 1.165) is 25.6 Å². The summed E-state index contributed by atoms with van der Waals surface area (Å²) in [5, 5.41) is 3.36. The first-order valence-electron chi connectivity index (χ1n) is 4.07. The fourth-order valence-corrected chi connectivity index (χ4v) is 0.702. The maximum atomic E-state index is 5.45. The number of hydrogen-bond acceptors (Lipinski definition) is 2. The summed E-state index contributed by atoms with van der Waals surface area (Å²) in [6.45, 7) is 9.51. The normalized spacial score (nSPS) is 14.1. The fourth-order valence-electron chi connectivity index (χ4n) is 0.702. The molecule has 0 radical (unpaired) electrons. The largest absolute Gasteiger partial charge is 0.330 e. The molecule has 10 heavy (non-hydrogen) atoms. The third kappa shape index (κ3) is 6.05.